The molecule has 1 atom stereocenters. The fourth-order valence-corrected chi connectivity index (χ4v) is 4.97. The van der Waals surface area contributed by atoms with E-state index in [9.17, 15) is 9.59 Å². The first-order chi connectivity index (χ1) is 15.6. The molecule has 8 heteroatoms. The molecule has 1 aromatic carbocycles. The van der Waals surface area contributed by atoms with E-state index in [4.69, 9.17) is 14.2 Å². The van der Waals surface area contributed by atoms with Crippen LogP contribution in [0.5, 0.6) is 11.5 Å². The number of hydrogen-bond acceptors (Lipinski definition) is 6. The SMILES string of the molecule is COc1cc2c(cc1OC)CN(C(=O)[C@@H]1CCC(=O)N(CCCN3CCOCC3)C1)CC2. The van der Waals surface area contributed by atoms with E-state index in [2.05, 4.69) is 4.90 Å². The topological polar surface area (TPSA) is 71.6 Å². The average Bonchev–Trinajstić information content (AvgIpc) is 2.84. The Morgan fingerprint density at radius 2 is 1.75 bits per heavy atom. The molecule has 3 heterocycles. The summed E-state index contributed by atoms with van der Waals surface area (Å²) in [6, 6.07) is 4.00. The van der Waals surface area contributed by atoms with Gasteiger partial charge in [-0.25, -0.2) is 0 Å². The second kappa shape index (κ2) is 10.5. The van der Waals surface area contributed by atoms with Gasteiger partial charge < -0.3 is 24.0 Å². The number of methoxy groups -OCH3 is 2. The molecule has 176 valence electrons. The maximum atomic E-state index is 13.3. The van der Waals surface area contributed by atoms with Crippen LogP contribution in [-0.4, -0.2) is 93.2 Å². The summed E-state index contributed by atoms with van der Waals surface area (Å²) in [6.07, 6.45) is 2.85. The van der Waals surface area contributed by atoms with Crippen LogP contribution >= 0.6 is 0 Å². The van der Waals surface area contributed by atoms with Crippen molar-refractivity contribution in [2.24, 2.45) is 5.92 Å². The van der Waals surface area contributed by atoms with Gasteiger partial charge in [-0.15, -0.1) is 0 Å². The lowest BCUT2D eigenvalue weighted by Crippen LogP contribution is -2.48. The Bertz CT molecular complexity index is 824. The highest BCUT2D eigenvalue weighted by Gasteiger charge is 2.34. The van der Waals surface area contributed by atoms with Crippen LogP contribution in [-0.2, 0) is 27.3 Å². The number of carbonyl (C=O) groups is 2. The van der Waals surface area contributed by atoms with Crippen LogP contribution in [0.4, 0.5) is 0 Å². The maximum absolute atomic E-state index is 13.3. The molecule has 2 amide bonds. The van der Waals surface area contributed by atoms with Crippen molar-refractivity contribution in [3.8, 4) is 11.5 Å². The summed E-state index contributed by atoms with van der Waals surface area (Å²) in [7, 11) is 3.27. The molecule has 3 aliphatic rings. The van der Waals surface area contributed by atoms with Gasteiger partial charge in [0, 0.05) is 52.2 Å². The van der Waals surface area contributed by atoms with Gasteiger partial charge in [0.25, 0.3) is 0 Å². The first-order valence-electron chi connectivity index (χ1n) is 11.7. The summed E-state index contributed by atoms with van der Waals surface area (Å²) in [5.41, 5.74) is 2.31. The van der Waals surface area contributed by atoms with Crippen LogP contribution in [0.1, 0.15) is 30.4 Å². The number of amides is 2. The summed E-state index contributed by atoms with van der Waals surface area (Å²) >= 11 is 0. The Labute approximate surface area is 190 Å². The highest BCUT2D eigenvalue weighted by Crippen LogP contribution is 2.34. The minimum atomic E-state index is -0.113. The Morgan fingerprint density at radius 1 is 1.03 bits per heavy atom. The average molecular weight is 446 g/mol. The van der Waals surface area contributed by atoms with Gasteiger partial charge >= 0.3 is 0 Å². The molecular formula is C24H35N3O5. The van der Waals surface area contributed by atoms with Crippen molar-refractivity contribution >= 4 is 11.8 Å². The van der Waals surface area contributed by atoms with Crippen molar-refractivity contribution in [1.82, 2.24) is 14.7 Å². The van der Waals surface area contributed by atoms with Crippen LogP contribution < -0.4 is 9.47 Å². The minimum absolute atomic E-state index is 0.113. The van der Waals surface area contributed by atoms with Crippen molar-refractivity contribution in [3.63, 3.8) is 0 Å². The molecule has 2 fully saturated rings. The summed E-state index contributed by atoms with van der Waals surface area (Å²) in [5, 5.41) is 0. The lowest BCUT2D eigenvalue weighted by atomic mass is 9.93. The largest absolute Gasteiger partial charge is 0.493 e. The van der Waals surface area contributed by atoms with E-state index in [1.54, 1.807) is 14.2 Å². The van der Waals surface area contributed by atoms with E-state index in [-0.39, 0.29) is 17.7 Å². The van der Waals surface area contributed by atoms with Gasteiger partial charge in [0.05, 0.1) is 33.4 Å². The molecular weight excluding hydrogens is 410 g/mol. The van der Waals surface area contributed by atoms with Gasteiger partial charge in [-0.3, -0.25) is 14.5 Å². The first kappa shape index (κ1) is 22.9. The molecule has 0 saturated carbocycles. The molecule has 0 aliphatic carbocycles. The van der Waals surface area contributed by atoms with Crippen LogP contribution in [0.25, 0.3) is 0 Å². The number of rotatable bonds is 7. The van der Waals surface area contributed by atoms with Crippen molar-refractivity contribution in [1.29, 1.82) is 0 Å². The Balaban J connectivity index is 1.33. The third-order valence-electron chi connectivity index (χ3n) is 6.89. The second-order valence-corrected chi connectivity index (χ2v) is 8.87. The Kier molecular flexibility index (Phi) is 7.52. The standard InChI is InChI=1S/C24H35N3O5/c1-30-21-14-18-6-9-27(17-20(18)15-22(21)31-2)24(29)19-4-5-23(28)26(16-19)8-3-7-25-10-12-32-13-11-25/h14-15,19H,3-13,16-17H2,1-2H3/t19-/m1/s1. The van der Waals surface area contributed by atoms with E-state index in [1.807, 2.05) is 21.9 Å². The predicted octanol–water partition coefficient (Wildman–Crippen LogP) is 1.55. The number of fused-ring (bicyclic) bond motifs is 1. The summed E-state index contributed by atoms with van der Waals surface area (Å²) in [4.78, 5) is 32.0. The zero-order chi connectivity index (χ0) is 22.5. The third kappa shape index (κ3) is 5.18. The molecule has 3 aliphatic heterocycles. The molecule has 0 bridgehead atoms. The number of nitrogens with zero attached hydrogens (tertiary/aromatic N) is 3. The third-order valence-corrected chi connectivity index (χ3v) is 6.89. The molecule has 4 rings (SSSR count). The number of benzene rings is 1. The van der Waals surface area contributed by atoms with Gasteiger partial charge in [-0.1, -0.05) is 0 Å². The highest BCUT2D eigenvalue weighted by molar-refractivity contribution is 5.84. The van der Waals surface area contributed by atoms with Gasteiger partial charge in [0.1, 0.15) is 0 Å². The molecule has 0 radical (unpaired) electrons. The number of likely N-dealkylation sites (tertiary alicyclic amines) is 1. The number of ether oxygens (including phenoxy) is 3. The van der Waals surface area contributed by atoms with E-state index >= 15 is 0 Å². The van der Waals surface area contributed by atoms with Gasteiger partial charge in [0.2, 0.25) is 11.8 Å². The molecule has 0 N–H and O–H groups in total. The van der Waals surface area contributed by atoms with Crippen LogP contribution in [0.15, 0.2) is 12.1 Å². The van der Waals surface area contributed by atoms with Gasteiger partial charge in [-0.05, 0) is 42.5 Å². The van der Waals surface area contributed by atoms with Gasteiger partial charge in [-0.2, -0.15) is 0 Å². The molecule has 32 heavy (non-hydrogen) atoms. The minimum Gasteiger partial charge on any atom is -0.493 e. The second-order valence-electron chi connectivity index (χ2n) is 8.87. The van der Waals surface area contributed by atoms with Crippen LogP contribution in [0.3, 0.4) is 0 Å². The number of carbonyl (C=O) groups excluding carboxylic acids is 2. The number of morpholine rings is 1. The van der Waals surface area contributed by atoms with Crippen LogP contribution in [0.2, 0.25) is 0 Å². The zero-order valence-corrected chi connectivity index (χ0v) is 19.3. The van der Waals surface area contributed by atoms with Crippen molar-refractivity contribution < 1.29 is 23.8 Å². The van der Waals surface area contributed by atoms with E-state index in [0.717, 1.165) is 63.5 Å². The molecule has 0 unspecified atom stereocenters. The lowest BCUT2D eigenvalue weighted by Gasteiger charge is -2.37. The van der Waals surface area contributed by atoms with Crippen molar-refractivity contribution in [2.75, 3.05) is 66.7 Å². The fraction of sp³-hybridized carbons (Fsp3) is 0.667. The summed E-state index contributed by atoms with van der Waals surface area (Å²) in [6.45, 7) is 7.01. The van der Waals surface area contributed by atoms with E-state index in [1.165, 1.54) is 5.56 Å². The molecule has 8 nitrogen and oxygen atoms in total. The quantitative estimate of drug-likeness (QED) is 0.634. The number of hydrogen-bond donors (Lipinski definition) is 0. The normalized spacial score (nSPS) is 21.9. The first-order valence-corrected chi connectivity index (χ1v) is 11.7. The molecule has 1 aromatic rings. The molecule has 0 spiro atoms. The summed E-state index contributed by atoms with van der Waals surface area (Å²) in [5.74, 6) is 1.64. The Morgan fingerprint density at radius 3 is 2.47 bits per heavy atom. The maximum Gasteiger partial charge on any atom is 0.227 e. The predicted molar refractivity (Wildman–Crippen MR) is 120 cm³/mol. The molecule has 2 saturated heterocycles. The zero-order valence-electron chi connectivity index (χ0n) is 19.3. The smallest absolute Gasteiger partial charge is 0.227 e. The number of piperidine rings is 1. The van der Waals surface area contributed by atoms with E-state index < -0.39 is 0 Å². The van der Waals surface area contributed by atoms with E-state index in [0.29, 0.717) is 38.2 Å². The lowest BCUT2D eigenvalue weighted by molar-refractivity contribution is -0.143. The van der Waals surface area contributed by atoms with Gasteiger partial charge in [0.15, 0.2) is 11.5 Å². The highest BCUT2D eigenvalue weighted by atomic mass is 16.5. The van der Waals surface area contributed by atoms with Crippen LogP contribution in [0, 0.1) is 5.92 Å². The molecule has 0 aromatic heterocycles. The van der Waals surface area contributed by atoms with Crippen molar-refractivity contribution in [2.45, 2.75) is 32.2 Å². The van der Waals surface area contributed by atoms with Crippen molar-refractivity contribution in [3.05, 3.63) is 23.3 Å². The fourth-order valence-electron chi connectivity index (χ4n) is 4.97. The summed E-state index contributed by atoms with van der Waals surface area (Å²) < 4.78 is 16.2. The Hall–Kier alpha value is -2.32. The monoisotopic (exact) mass is 445 g/mol.